The lowest BCUT2D eigenvalue weighted by Crippen LogP contribution is -2.50. The molecule has 9 heteroatoms. The first-order valence-corrected chi connectivity index (χ1v) is 12.1. The first-order valence-electron chi connectivity index (χ1n) is 12.1. The Morgan fingerprint density at radius 2 is 1.34 bits per heavy atom. The summed E-state index contributed by atoms with van der Waals surface area (Å²) in [4.78, 5) is 16.2. The van der Waals surface area contributed by atoms with E-state index in [9.17, 15) is 4.79 Å². The van der Waals surface area contributed by atoms with Crippen molar-refractivity contribution in [2.24, 2.45) is 0 Å². The van der Waals surface area contributed by atoms with Crippen molar-refractivity contribution in [1.29, 1.82) is 0 Å². The molecular weight excluding hydrogens is 452 g/mol. The third kappa shape index (κ3) is 12.7. The summed E-state index contributed by atoms with van der Waals surface area (Å²) >= 11 is 0. The van der Waals surface area contributed by atoms with Crippen LogP contribution in [-0.2, 0) is 23.7 Å². The first kappa shape index (κ1) is 28.7. The van der Waals surface area contributed by atoms with Gasteiger partial charge in [-0.1, -0.05) is 5.92 Å². The van der Waals surface area contributed by atoms with Crippen molar-refractivity contribution >= 4 is 11.8 Å². The number of carbonyl (C=O) groups is 1. The highest BCUT2D eigenvalue weighted by molar-refractivity contribution is 5.68. The lowest BCUT2D eigenvalue weighted by Gasteiger charge is -2.36. The minimum atomic E-state index is -0.475. The van der Waals surface area contributed by atoms with Gasteiger partial charge in [-0.3, -0.25) is 0 Å². The number of amides is 1. The second kappa shape index (κ2) is 16.2. The third-order valence-electron chi connectivity index (χ3n) is 4.93. The molecule has 0 saturated carbocycles. The minimum Gasteiger partial charge on any atom is -0.491 e. The molecule has 1 fully saturated rings. The number of rotatable bonds is 15. The van der Waals surface area contributed by atoms with Crippen LogP contribution in [0.15, 0.2) is 24.3 Å². The maximum atomic E-state index is 12.2. The SMILES string of the molecule is C#CCOCCOCCOCCOCCOc1ccc(N2CCN(C(=O)OC(C)(C)C)CC2)cc1. The number of anilines is 1. The Hall–Kier alpha value is -2.51. The van der Waals surface area contributed by atoms with Gasteiger partial charge >= 0.3 is 6.09 Å². The number of terminal acetylenes is 1. The van der Waals surface area contributed by atoms with Crippen LogP contribution in [0.4, 0.5) is 10.5 Å². The highest BCUT2D eigenvalue weighted by Gasteiger charge is 2.25. The molecule has 9 nitrogen and oxygen atoms in total. The maximum absolute atomic E-state index is 12.2. The molecule has 0 aromatic heterocycles. The summed E-state index contributed by atoms with van der Waals surface area (Å²) < 4.78 is 32.6. The quantitative estimate of drug-likeness (QED) is 0.273. The van der Waals surface area contributed by atoms with E-state index < -0.39 is 5.60 Å². The zero-order chi connectivity index (χ0) is 25.4. The largest absolute Gasteiger partial charge is 0.491 e. The van der Waals surface area contributed by atoms with Gasteiger partial charge in [0.15, 0.2) is 0 Å². The van der Waals surface area contributed by atoms with Crippen molar-refractivity contribution in [2.75, 3.05) is 90.5 Å². The predicted octanol–water partition coefficient (Wildman–Crippen LogP) is 2.82. The highest BCUT2D eigenvalue weighted by atomic mass is 16.6. The van der Waals surface area contributed by atoms with E-state index in [4.69, 9.17) is 34.8 Å². The lowest BCUT2D eigenvalue weighted by atomic mass is 10.2. The number of hydrogen-bond acceptors (Lipinski definition) is 8. The molecule has 0 bridgehead atoms. The highest BCUT2D eigenvalue weighted by Crippen LogP contribution is 2.21. The zero-order valence-corrected chi connectivity index (χ0v) is 21.3. The van der Waals surface area contributed by atoms with E-state index >= 15 is 0 Å². The number of carbonyl (C=O) groups excluding carboxylic acids is 1. The van der Waals surface area contributed by atoms with Crippen LogP contribution in [0.1, 0.15) is 20.8 Å². The standard InChI is InChI=1S/C26H40N2O7/c1-5-14-30-15-16-31-17-18-32-19-20-33-21-22-34-24-8-6-23(7-9-24)27-10-12-28(13-11-27)25(29)35-26(2,3)4/h1,6-9H,10-22H2,2-4H3. The van der Waals surface area contributed by atoms with Crippen molar-refractivity contribution in [3.63, 3.8) is 0 Å². The van der Waals surface area contributed by atoms with Crippen LogP contribution >= 0.6 is 0 Å². The van der Waals surface area contributed by atoms with Crippen LogP contribution in [0, 0.1) is 12.3 Å². The number of nitrogens with zero attached hydrogens (tertiary/aromatic N) is 2. The molecule has 0 atom stereocenters. The molecule has 0 unspecified atom stereocenters. The van der Waals surface area contributed by atoms with E-state index in [1.54, 1.807) is 4.90 Å². The fraction of sp³-hybridized carbons (Fsp3) is 0.654. The van der Waals surface area contributed by atoms with Crippen molar-refractivity contribution in [2.45, 2.75) is 26.4 Å². The molecule has 0 aliphatic carbocycles. The molecule has 1 aliphatic heterocycles. The lowest BCUT2D eigenvalue weighted by molar-refractivity contribution is -0.00187. The van der Waals surface area contributed by atoms with Gasteiger partial charge in [-0.25, -0.2) is 4.79 Å². The van der Waals surface area contributed by atoms with Crippen molar-refractivity contribution in [3.8, 4) is 18.1 Å². The van der Waals surface area contributed by atoms with Gasteiger partial charge in [-0.15, -0.1) is 6.42 Å². The molecule has 1 amide bonds. The van der Waals surface area contributed by atoms with E-state index in [0.29, 0.717) is 72.6 Å². The summed E-state index contributed by atoms with van der Waals surface area (Å²) in [6.07, 6.45) is 4.83. The number of piperazine rings is 1. The summed E-state index contributed by atoms with van der Waals surface area (Å²) in [5, 5.41) is 0. The smallest absolute Gasteiger partial charge is 0.410 e. The molecule has 1 aromatic carbocycles. The molecule has 0 N–H and O–H groups in total. The van der Waals surface area contributed by atoms with E-state index in [2.05, 4.69) is 10.8 Å². The summed E-state index contributed by atoms with van der Waals surface area (Å²) in [5.74, 6) is 3.20. The zero-order valence-electron chi connectivity index (χ0n) is 21.3. The van der Waals surface area contributed by atoms with Crippen molar-refractivity contribution < 1.29 is 33.2 Å². The number of ether oxygens (including phenoxy) is 6. The Morgan fingerprint density at radius 3 is 1.86 bits per heavy atom. The average molecular weight is 493 g/mol. The summed E-state index contributed by atoms with van der Waals surface area (Å²) in [5.41, 5.74) is 0.635. The number of benzene rings is 1. The average Bonchev–Trinajstić information content (AvgIpc) is 2.84. The van der Waals surface area contributed by atoms with Crippen LogP contribution in [0.3, 0.4) is 0 Å². The van der Waals surface area contributed by atoms with E-state index in [-0.39, 0.29) is 6.09 Å². The Morgan fingerprint density at radius 1 is 0.829 bits per heavy atom. The predicted molar refractivity (Wildman–Crippen MR) is 134 cm³/mol. The molecule has 1 aromatic rings. The maximum Gasteiger partial charge on any atom is 0.410 e. The summed E-state index contributed by atoms with van der Waals surface area (Å²) in [6.45, 7) is 12.8. The van der Waals surface area contributed by atoms with Gasteiger partial charge in [-0.2, -0.15) is 0 Å². The van der Waals surface area contributed by atoms with E-state index in [1.165, 1.54) is 0 Å². The molecule has 0 radical (unpaired) electrons. The Kier molecular flexibility index (Phi) is 13.3. The molecule has 1 saturated heterocycles. The van der Waals surface area contributed by atoms with Crippen LogP contribution in [0.5, 0.6) is 5.75 Å². The first-order chi connectivity index (χ1) is 16.9. The second-order valence-electron chi connectivity index (χ2n) is 8.89. The molecule has 196 valence electrons. The Balaban J connectivity index is 1.49. The minimum absolute atomic E-state index is 0.248. The topological polar surface area (TPSA) is 78.9 Å². The second-order valence-corrected chi connectivity index (χ2v) is 8.89. The van der Waals surface area contributed by atoms with Gasteiger partial charge in [0.2, 0.25) is 0 Å². The summed E-state index contributed by atoms with van der Waals surface area (Å²) in [6, 6.07) is 7.99. The van der Waals surface area contributed by atoms with E-state index in [0.717, 1.165) is 24.5 Å². The van der Waals surface area contributed by atoms with Gasteiger partial charge in [0.25, 0.3) is 0 Å². The monoisotopic (exact) mass is 492 g/mol. The van der Waals surface area contributed by atoms with Gasteiger partial charge in [-0.05, 0) is 45.0 Å². The van der Waals surface area contributed by atoms with Gasteiger partial charge in [0.05, 0.1) is 46.2 Å². The van der Waals surface area contributed by atoms with Gasteiger partial charge < -0.3 is 38.2 Å². The molecule has 1 heterocycles. The van der Waals surface area contributed by atoms with Crippen LogP contribution < -0.4 is 9.64 Å². The molecule has 2 rings (SSSR count). The van der Waals surface area contributed by atoms with Crippen LogP contribution in [0.2, 0.25) is 0 Å². The molecule has 0 spiro atoms. The van der Waals surface area contributed by atoms with E-state index in [1.807, 2.05) is 45.0 Å². The molecular formula is C26H40N2O7. The van der Waals surface area contributed by atoms with Crippen molar-refractivity contribution in [1.82, 2.24) is 4.90 Å². The molecule has 35 heavy (non-hydrogen) atoms. The van der Waals surface area contributed by atoms with Gasteiger partial charge in [0, 0.05) is 31.9 Å². The fourth-order valence-electron chi connectivity index (χ4n) is 3.24. The molecule has 1 aliphatic rings. The van der Waals surface area contributed by atoms with Crippen LogP contribution in [-0.4, -0.2) is 102 Å². The Labute approximate surface area is 209 Å². The van der Waals surface area contributed by atoms with Crippen LogP contribution in [0.25, 0.3) is 0 Å². The van der Waals surface area contributed by atoms with Gasteiger partial charge in [0.1, 0.15) is 24.6 Å². The fourth-order valence-corrected chi connectivity index (χ4v) is 3.24. The summed E-state index contributed by atoms with van der Waals surface area (Å²) in [7, 11) is 0. The van der Waals surface area contributed by atoms with Crippen molar-refractivity contribution in [3.05, 3.63) is 24.3 Å². The number of hydrogen-bond donors (Lipinski definition) is 0. The third-order valence-corrected chi connectivity index (χ3v) is 4.93. The normalized spacial score (nSPS) is 14.0. The Bertz CT molecular complexity index is 750.